The number of ether oxygens (including phenoxy) is 5. The highest BCUT2D eigenvalue weighted by molar-refractivity contribution is 5.66. The lowest BCUT2D eigenvalue weighted by atomic mass is 9.97. The average Bonchev–Trinajstić information content (AvgIpc) is 2.65. The van der Waals surface area contributed by atoms with Crippen molar-refractivity contribution in [2.24, 2.45) is 0 Å². The molecule has 0 saturated carbocycles. The minimum atomic E-state index is -1.80. The van der Waals surface area contributed by atoms with Gasteiger partial charge in [0.05, 0.1) is 0 Å². The first-order valence-corrected chi connectivity index (χ1v) is 8.84. The molecule has 0 spiro atoms. The van der Waals surface area contributed by atoms with Crippen molar-refractivity contribution in [2.75, 3.05) is 13.2 Å². The molecular formula is C16H26O13. The summed E-state index contributed by atoms with van der Waals surface area (Å²) < 4.78 is 25.4. The Bertz CT molecular complexity index is 571. The lowest BCUT2D eigenvalue weighted by Crippen LogP contribution is -2.64. The van der Waals surface area contributed by atoms with Crippen LogP contribution in [0.3, 0.4) is 0 Å². The van der Waals surface area contributed by atoms with E-state index in [0.29, 0.717) is 0 Å². The summed E-state index contributed by atoms with van der Waals surface area (Å²) in [5.74, 6) is -1.36. The molecule has 0 radical (unpaired) electrons. The van der Waals surface area contributed by atoms with Gasteiger partial charge in [-0.15, -0.1) is 0 Å². The van der Waals surface area contributed by atoms with E-state index in [1.807, 2.05) is 0 Å². The van der Waals surface area contributed by atoms with Crippen LogP contribution in [-0.4, -0.2) is 117 Å². The van der Waals surface area contributed by atoms with E-state index in [9.17, 15) is 40.2 Å². The Labute approximate surface area is 165 Å². The molecule has 29 heavy (non-hydrogen) atoms. The zero-order chi connectivity index (χ0) is 21.9. The molecule has 0 bridgehead atoms. The van der Waals surface area contributed by atoms with Gasteiger partial charge in [-0.2, -0.15) is 0 Å². The zero-order valence-corrected chi connectivity index (χ0v) is 15.7. The third-order valence-electron chi connectivity index (χ3n) is 4.52. The largest absolute Gasteiger partial charge is 0.463 e. The van der Waals surface area contributed by atoms with E-state index in [-0.39, 0.29) is 0 Å². The van der Waals surface area contributed by atoms with Crippen LogP contribution in [0.15, 0.2) is 0 Å². The van der Waals surface area contributed by atoms with Gasteiger partial charge in [-0.25, -0.2) is 0 Å². The molecule has 168 valence electrons. The fourth-order valence-corrected chi connectivity index (χ4v) is 2.94. The number of aliphatic hydroxyl groups excluding tert-OH is 6. The Balaban J connectivity index is 2.14. The van der Waals surface area contributed by atoms with Crippen molar-refractivity contribution >= 4 is 11.9 Å². The van der Waals surface area contributed by atoms with Crippen LogP contribution in [0.5, 0.6) is 0 Å². The van der Waals surface area contributed by atoms with Crippen molar-refractivity contribution < 1.29 is 63.9 Å². The molecule has 2 saturated heterocycles. The lowest BCUT2D eigenvalue weighted by Gasteiger charge is -2.45. The lowest BCUT2D eigenvalue weighted by molar-refractivity contribution is -0.355. The Morgan fingerprint density at radius 3 is 1.83 bits per heavy atom. The Hall–Kier alpha value is -1.42. The normalized spacial score (nSPS) is 42.9. The summed E-state index contributed by atoms with van der Waals surface area (Å²) in [4.78, 5) is 22.0. The minimum Gasteiger partial charge on any atom is -0.463 e. The highest BCUT2D eigenvalue weighted by Crippen LogP contribution is 2.29. The van der Waals surface area contributed by atoms with Crippen molar-refractivity contribution in [1.82, 2.24) is 0 Å². The summed E-state index contributed by atoms with van der Waals surface area (Å²) in [5, 5.41) is 59.9. The zero-order valence-electron chi connectivity index (χ0n) is 15.7. The summed E-state index contributed by atoms with van der Waals surface area (Å²) in [6, 6.07) is 0. The number of esters is 2. The predicted molar refractivity (Wildman–Crippen MR) is 87.7 cm³/mol. The third kappa shape index (κ3) is 5.81. The van der Waals surface area contributed by atoms with Crippen LogP contribution >= 0.6 is 0 Å². The molecule has 13 nitrogen and oxygen atoms in total. The van der Waals surface area contributed by atoms with Gasteiger partial charge in [-0.1, -0.05) is 0 Å². The second-order valence-corrected chi connectivity index (χ2v) is 6.77. The number of carbonyl (C=O) groups excluding carboxylic acids is 2. The summed E-state index contributed by atoms with van der Waals surface area (Å²) >= 11 is 0. The number of carbonyl (C=O) groups is 2. The molecule has 13 heteroatoms. The van der Waals surface area contributed by atoms with E-state index < -0.39 is 86.6 Å². The molecule has 2 rings (SSSR count). The molecule has 2 aliphatic rings. The van der Waals surface area contributed by atoms with Crippen molar-refractivity contribution in [2.45, 2.75) is 75.3 Å². The smallest absolute Gasteiger partial charge is 0.302 e. The predicted octanol–water partition coefficient (Wildman–Crippen LogP) is -4.26. The molecule has 0 aromatic heterocycles. The summed E-state index contributed by atoms with van der Waals surface area (Å²) in [7, 11) is 0. The van der Waals surface area contributed by atoms with Crippen molar-refractivity contribution in [1.29, 1.82) is 0 Å². The first-order chi connectivity index (χ1) is 13.5. The van der Waals surface area contributed by atoms with Crippen LogP contribution in [0.1, 0.15) is 13.8 Å². The molecule has 2 fully saturated rings. The van der Waals surface area contributed by atoms with Gasteiger partial charge in [0, 0.05) is 13.8 Å². The quantitative estimate of drug-likeness (QED) is 0.223. The van der Waals surface area contributed by atoms with E-state index in [1.165, 1.54) is 0 Å². The van der Waals surface area contributed by atoms with Gasteiger partial charge in [0.25, 0.3) is 0 Å². The number of aliphatic hydroxyl groups is 6. The van der Waals surface area contributed by atoms with Gasteiger partial charge in [-0.3, -0.25) is 9.59 Å². The second kappa shape index (κ2) is 10.1. The first kappa shape index (κ1) is 23.9. The maximum absolute atomic E-state index is 11.1. The van der Waals surface area contributed by atoms with Gasteiger partial charge in [0.2, 0.25) is 0 Å². The highest BCUT2D eigenvalue weighted by atomic mass is 16.7. The number of rotatable bonds is 6. The van der Waals surface area contributed by atoms with Gasteiger partial charge >= 0.3 is 11.9 Å². The van der Waals surface area contributed by atoms with Gasteiger partial charge in [-0.05, 0) is 0 Å². The molecule has 6 N–H and O–H groups in total. The van der Waals surface area contributed by atoms with E-state index in [0.717, 1.165) is 13.8 Å². The molecule has 0 amide bonds. The van der Waals surface area contributed by atoms with E-state index >= 15 is 0 Å². The van der Waals surface area contributed by atoms with E-state index in [2.05, 4.69) is 0 Å². The van der Waals surface area contributed by atoms with Crippen molar-refractivity contribution in [3.63, 3.8) is 0 Å². The number of hydrogen-bond acceptors (Lipinski definition) is 13. The van der Waals surface area contributed by atoms with Crippen LogP contribution in [0, 0.1) is 0 Å². The highest BCUT2D eigenvalue weighted by Gasteiger charge is 2.50. The van der Waals surface area contributed by atoms with Crippen molar-refractivity contribution in [3.8, 4) is 0 Å². The van der Waals surface area contributed by atoms with E-state index in [1.54, 1.807) is 0 Å². The topological polar surface area (TPSA) is 202 Å². The monoisotopic (exact) mass is 426 g/mol. The minimum absolute atomic E-state index is 0.456. The molecular weight excluding hydrogens is 400 g/mol. The van der Waals surface area contributed by atoms with Crippen LogP contribution in [0.25, 0.3) is 0 Å². The Kier molecular flexibility index (Phi) is 8.28. The third-order valence-corrected chi connectivity index (χ3v) is 4.52. The molecule has 2 heterocycles. The summed E-state index contributed by atoms with van der Waals surface area (Å²) in [5.41, 5.74) is 0. The summed E-state index contributed by atoms with van der Waals surface area (Å²) in [6.45, 7) is 1.32. The molecule has 0 aromatic carbocycles. The standard InChI is InChI=1S/C16H26O13/c1-5(17)25-3-7-9(19)10(20)13(23)16(28-7)29-14-8(4-26-6(2)18)27-15(24)12(22)11(14)21/h7-16,19-24H,3-4H2,1-2H3/t7?,8?,9-,10+,11?,12+,13?,14-,15?,16+/m1/s1. The fourth-order valence-electron chi connectivity index (χ4n) is 2.94. The summed E-state index contributed by atoms with van der Waals surface area (Å²) in [6.07, 6.45) is -16.1. The molecule has 5 unspecified atom stereocenters. The van der Waals surface area contributed by atoms with Gasteiger partial charge in [0.1, 0.15) is 62.0 Å². The molecule has 10 atom stereocenters. The maximum atomic E-state index is 11.1. The van der Waals surface area contributed by atoms with E-state index in [4.69, 9.17) is 23.7 Å². The van der Waals surface area contributed by atoms with Crippen LogP contribution < -0.4 is 0 Å². The Morgan fingerprint density at radius 1 is 0.724 bits per heavy atom. The van der Waals surface area contributed by atoms with Gasteiger partial charge in [0.15, 0.2) is 12.6 Å². The molecule has 0 aliphatic carbocycles. The van der Waals surface area contributed by atoms with Crippen LogP contribution in [0.2, 0.25) is 0 Å². The van der Waals surface area contributed by atoms with Crippen molar-refractivity contribution in [3.05, 3.63) is 0 Å². The van der Waals surface area contributed by atoms with Crippen LogP contribution in [0.4, 0.5) is 0 Å². The fraction of sp³-hybridized carbons (Fsp3) is 0.875. The average molecular weight is 426 g/mol. The van der Waals surface area contributed by atoms with Crippen LogP contribution in [-0.2, 0) is 33.3 Å². The van der Waals surface area contributed by atoms with Gasteiger partial charge < -0.3 is 54.3 Å². The maximum Gasteiger partial charge on any atom is 0.302 e. The molecule has 2 aliphatic heterocycles. The first-order valence-electron chi connectivity index (χ1n) is 8.84. The number of hydrogen-bond donors (Lipinski definition) is 6. The second-order valence-electron chi connectivity index (χ2n) is 6.77. The SMILES string of the molecule is CC(=O)OCC1OC(O)[C@@H](O)C(O)[C@@H]1O[C@@H]1OC(COC(C)=O)[C@@H](O)[C@H](O)C1O. The molecule has 0 aromatic rings. The Morgan fingerprint density at radius 2 is 1.28 bits per heavy atom.